The zero-order valence-electron chi connectivity index (χ0n) is 23.0. The Morgan fingerprint density at radius 1 is 0.814 bits per heavy atom. The van der Waals surface area contributed by atoms with Crippen LogP contribution in [-0.4, -0.2) is 132 Å². The number of nitrogens with zero attached hydrogens (tertiary/aromatic N) is 3. The molecule has 1 aromatic carbocycles. The lowest BCUT2D eigenvalue weighted by molar-refractivity contribution is -0.193. The highest BCUT2D eigenvalue weighted by molar-refractivity contribution is 5.75. The number of fused-ring (bicyclic) bond motifs is 2. The first kappa shape index (κ1) is 34.3. The number of aliphatic hydroxyl groups is 1. The number of morpholine rings is 1. The Kier molecular flexibility index (Phi) is 11.3. The topological polar surface area (TPSA) is 143 Å². The number of alkyl halides is 6. The number of aliphatic hydroxyl groups excluding tert-OH is 1. The molecule has 11 nitrogen and oxygen atoms in total. The monoisotopic (exact) mass is 628 g/mol. The van der Waals surface area contributed by atoms with E-state index in [1.165, 1.54) is 11.1 Å². The lowest BCUT2D eigenvalue weighted by Gasteiger charge is -2.44. The van der Waals surface area contributed by atoms with Crippen molar-refractivity contribution in [3.8, 4) is 0 Å². The molecule has 3 aliphatic heterocycles. The molecule has 4 N–H and O–H groups in total. The molecule has 2 atom stereocenters. The van der Waals surface area contributed by atoms with Gasteiger partial charge < -0.3 is 35.2 Å². The molecule has 2 amide bonds. The maximum Gasteiger partial charge on any atom is 0.490 e. The Balaban J connectivity index is 0.000000303. The highest BCUT2D eigenvalue weighted by atomic mass is 19.4. The maximum absolute atomic E-state index is 12.8. The van der Waals surface area contributed by atoms with Crippen LogP contribution in [0.25, 0.3) is 0 Å². The van der Waals surface area contributed by atoms with Gasteiger partial charge in [-0.1, -0.05) is 24.3 Å². The molecule has 1 spiro atoms. The number of aliphatic carboxylic acids is 2. The summed E-state index contributed by atoms with van der Waals surface area (Å²) in [5, 5.41) is 29.2. The summed E-state index contributed by atoms with van der Waals surface area (Å²) in [5.41, 5.74) is 2.49. The van der Waals surface area contributed by atoms with Gasteiger partial charge in [0.05, 0.1) is 25.4 Å². The molecule has 3 heterocycles. The molecule has 4 aliphatic rings. The summed E-state index contributed by atoms with van der Waals surface area (Å²) >= 11 is 0. The fourth-order valence-corrected chi connectivity index (χ4v) is 5.82. The zero-order valence-corrected chi connectivity index (χ0v) is 23.0. The number of ether oxygens (including phenoxy) is 1. The number of amides is 2. The van der Waals surface area contributed by atoms with Crippen LogP contribution in [0.1, 0.15) is 30.0 Å². The number of hydrogen-bond acceptors (Lipinski definition) is 7. The van der Waals surface area contributed by atoms with Crippen molar-refractivity contribution >= 4 is 18.0 Å². The third kappa shape index (κ3) is 8.27. The molecule has 0 radical (unpaired) electrons. The number of halogens is 6. The molecule has 0 aromatic heterocycles. The number of rotatable bonds is 1. The molecule has 0 saturated carbocycles. The highest BCUT2D eigenvalue weighted by Gasteiger charge is 2.53. The Bertz CT molecular complexity index is 1090. The normalized spacial score (nSPS) is 23.8. The van der Waals surface area contributed by atoms with Crippen LogP contribution in [-0.2, 0) is 19.7 Å². The second-order valence-corrected chi connectivity index (χ2v) is 10.4. The molecular formula is C26H34F6N4O7. The lowest BCUT2D eigenvalue weighted by Crippen LogP contribution is -2.56. The Labute approximate surface area is 243 Å². The van der Waals surface area contributed by atoms with E-state index in [0.29, 0.717) is 26.3 Å². The van der Waals surface area contributed by atoms with Crippen LogP contribution >= 0.6 is 0 Å². The van der Waals surface area contributed by atoms with Crippen LogP contribution in [0.4, 0.5) is 31.1 Å². The summed E-state index contributed by atoms with van der Waals surface area (Å²) in [5.74, 6) is -5.51. The van der Waals surface area contributed by atoms with Gasteiger partial charge in [-0.05, 0) is 37.1 Å². The number of carbonyl (C=O) groups excluding carboxylic acids is 1. The first-order valence-electron chi connectivity index (χ1n) is 13.5. The average molecular weight is 629 g/mol. The first-order chi connectivity index (χ1) is 20.1. The van der Waals surface area contributed by atoms with Gasteiger partial charge in [0, 0.05) is 44.7 Å². The third-order valence-corrected chi connectivity index (χ3v) is 7.92. The fourth-order valence-electron chi connectivity index (χ4n) is 5.82. The maximum atomic E-state index is 12.8. The summed E-state index contributed by atoms with van der Waals surface area (Å²) in [6.45, 7) is 7.60. The van der Waals surface area contributed by atoms with Gasteiger partial charge in [0.15, 0.2) is 0 Å². The van der Waals surface area contributed by atoms with E-state index in [1.807, 2.05) is 9.80 Å². The summed E-state index contributed by atoms with van der Waals surface area (Å²) in [7, 11) is 0. The van der Waals surface area contributed by atoms with Gasteiger partial charge >= 0.3 is 30.3 Å². The predicted octanol–water partition coefficient (Wildman–Crippen LogP) is 2.06. The van der Waals surface area contributed by atoms with E-state index < -0.39 is 24.3 Å². The summed E-state index contributed by atoms with van der Waals surface area (Å²) in [6.07, 6.45) is -8.59. The minimum absolute atomic E-state index is 0.0324. The number of carbonyl (C=O) groups is 3. The van der Waals surface area contributed by atoms with Crippen LogP contribution < -0.4 is 5.32 Å². The van der Waals surface area contributed by atoms with Gasteiger partial charge in [-0.25, -0.2) is 14.4 Å². The number of urea groups is 1. The number of hydrogen-bond donors (Lipinski definition) is 4. The zero-order chi connectivity index (χ0) is 32.0. The second kappa shape index (κ2) is 14.1. The number of nitrogens with one attached hydrogen (secondary N) is 1. The van der Waals surface area contributed by atoms with Crippen LogP contribution in [0, 0.1) is 0 Å². The van der Waals surface area contributed by atoms with Crippen molar-refractivity contribution in [1.82, 2.24) is 20.0 Å². The third-order valence-electron chi connectivity index (χ3n) is 7.92. The quantitative estimate of drug-likeness (QED) is 0.344. The van der Waals surface area contributed by atoms with Crippen LogP contribution in [0.3, 0.4) is 0 Å². The number of benzene rings is 1. The lowest BCUT2D eigenvalue weighted by atomic mass is 9.72. The molecule has 3 fully saturated rings. The van der Waals surface area contributed by atoms with Crippen LogP contribution in [0.2, 0.25) is 0 Å². The van der Waals surface area contributed by atoms with E-state index in [2.05, 4.69) is 34.5 Å². The standard InChI is InChI=1S/C22H32N4O3.2C2HF3O2/c27-20-19(17-3-1-2-4-18(17)22(20)5-7-23-8-6-22)24-9-11-25(12-10-24)21(28)26-13-15-29-16-14-26;2*3-2(4,5)1(6)7/h1-4,19-20,23,27H,5-16H2;2*(H,6,7)/t19-,20+;;/m1../s1. The Morgan fingerprint density at radius 3 is 1.77 bits per heavy atom. The summed E-state index contributed by atoms with van der Waals surface area (Å²) in [6, 6.07) is 8.79. The van der Waals surface area contributed by atoms with E-state index in [-0.39, 0.29) is 23.6 Å². The van der Waals surface area contributed by atoms with E-state index in [0.717, 1.165) is 52.1 Å². The molecule has 3 saturated heterocycles. The summed E-state index contributed by atoms with van der Waals surface area (Å²) < 4.78 is 68.8. The minimum atomic E-state index is -5.08. The number of carboxylic acid groups (broad SMARTS) is 2. The molecule has 5 rings (SSSR count). The van der Waals surface area contributed by atoms with E-state index in [1.54, 1.807) is 0 Å². The van der Waals surface area contributed by atoms with Gasteiger partial charge in [0.1, 0.15) is 0 Å². The molecule has 242 valence electrons. The van der Waals surface area contributed by atoms with E-state index in [9.17, 15) is 36.2 Å². The molecular weight excluding hydrogens is 594 g/mol. The van der Waals surface area contributed by atoms with Crippen LogP contribution in [0.15, 0.2) is 24.3 Å². The van der Waals surface area contributed by atoms with Crippen molar-refractivity contribution < 1.29 is 60.8 Å². The van der Waals surface area contributed by atoms with Gasteiger partial charge in [0.25, 0.3) is 0 Å². The highest BCUT2D eigenvalue weighted by Crippen LogP contribution is 2.52. The number of piperazine rings is 1. The molecule has 17 heteroatoms. The van der Waals surface area contributed by atoms with Crippen LogP contribution in [0.5, 0.6) is 0 Å². The first-order valence-corrected chi connectivity index (χ1v) is 13.5. The Hall–Kier alpha value is -3.15. The minimum Gasteiger partial charge on any atom is -0.475 e. The largest absolute Gasteiger partial charge is 0.490 e. The van der Waals surface area contributed by atoms with Gasteiger partial charge in [-0.3, -0.25) is 4.90 Å². The van der Waals surface area contributed by atoms with Crippen molar-refractivity contribution in [2.75, 3.05) is 65.6 Å². The number of carboxylic acids is 2. The average Bonchev–Trinajstić information content (AvgIpc) is 3.20. The smallest absolute Gasteiger partial charge is 0.475 e. The van der Waals surface area contributed by atoms with Gasteiger partial charge in [0.2, 0.25) is 0 Å². The number of piperidine rings is 1. The Morgan fingerprint density at radius 2 is 1.28 bits per heavy atom. The second-order valence-electron chi connectivity index (χ2n) is 10.4. The molecule has 43 heavy (non-hydrogen) atoms. The molecule has 0 bridgehead atoms. The predicted molar refractivity (Wildman–Crippen MR) is 137 cm³/mol. The molecule has 1 aliphatic carbocycles. The summed E-state index contributed by atoms with van der Waals surface area (Å²) in [4.78, 5) is 36.9. The van der Waals surface area contributed by atoms with E-state index in [4.69, 9.17) is 24.5 Å². The van der Waals surface area contributed by atoms with Crippen molar-refractivity contribution in [3.63, 3.8) is 0 Å². The van der Waals surface area contributed by atoms with Crippen molar-refractivity contribution in [3.05, 3.63) is 35.4 Å². The fraction of sp³-hybridized carbons (Fsp3) is 0.654. The molecule has 0 unspecified atom stereocenters. The van der Waals surface area contributed by atoms with Crippen molar-refractivity contribution in [2.24, 2.45) is 0 Å². The SMILES string of the molecule is O=C(N1CCOCC1)N1CCN([C@@H]2c3ccccc3C3(CCNCC3)[C@H]2O)CC1.O=C(O)C(F)(F)F.O=C(O)C(F)(F)F. The van der Waals surface area contributed by atoms with Crippen molar-refractivity contribution in [2.45, 2.75) is 42.8 Å². The van der Waals surface area contributed by atoms with Crippen molar-refractivity contribution in [1.29, 1.82) is 0 Å². The van der Waals surface area contributed by atoms with Gasteiger partial charge in [-0.2, -0.15) is 26.3 Å². The van der Waals surface area contributed by atoms with Gasteiger partial charge in [-0.15, -0.1) is 0 Å². The van der Waals surface area contributed by atoms with E-state index >= 15 is 0 Å². The molecule has 1 aromatic rings.